The van der Waals surface area contributed by atoms with Crippen molar-refractivity contribution in [2.45, 2.75) is 6.54 Å². The number of methoxy groups -OCH3 is 2. The Bertz CT molecular complexity index is 937. The van der Waals surface area contributed by atoms with Gasteiger partial charge in [0.2, 0.25) is 5.95 Å². The number of nitrogens with one attached hydrogen (secondary N) is 2. The Morgan fingerprint density at radius 3 is 2.52 bits per heavy atom. The fourth-order valence-electron chi connectivity index (χ4n) is 2.41. The summed E-state index contributed by atoms with van der Waals surface area (Å²) in [7, 11) is 3.15. The molecule has 8 heteroatoms. The van der Waals surface area contributed by atoms with Crippen molar-refractivity contribution in [1.29, 1.82) is 0 Å². The Balaban J connectivity index is 1.69. The molecule has 0 amide bonds. The van der Waals surface area contributed by atoms with Gasteiger partial charge >= 0.3 is 0 Å². The third-order valence-electron chi connectivity index (χ3n) is 3.75. The van der Waals surface area contributed by atoms with Gasteiger partial charge in [-0.15, -0.1) is 0 Å². The van der Waals surface area contributed by atoms with Crippen molar-refractivity contribution in [2.75, 3.05) is 24.9 Å². The SMILES string of the molecule is COc1ccc(CNc2ccnc(Nc3ccc(F)cc3F)n2)cc1OC. The fraction of sp³-hybridized carbons (Fsp3) is 0.158. The van der Waals surface area contributed by atoms with E-state index in [0.717, 1.165) is 17.7 Å². The molecule has 1 aromatic heterocycles. The van der Waals surface area contributed by atoms with E-state index in [2.05, 4.69) is 20.6 Å². The Morgan fingerprint density at radius 1 is 0.963 bits per heavy atom. The average Bonchev–Trinajstić information content (AvgIpc) is 2.68. The molecule has 0 atom stereocenters. The number of benzene rings is 2. The summed E-state index contributed by atoms with van der Waals surface area (Å²) in [5, 5.41) is 5.89. The summed E-state index contributed by atoms with van der Waals surface area (Å²) in [5.41, 5.74) is 1.05. The molecule has 140 valence electrons. The zero-order valence-corrected chi connectivity index (χ0v) is 14.8. The maximum absolute atomic E-state index is 13.7. The molecule has 0 aliphatic heterocycles. The first-order valence-electron chi connectivity index (χ1n) is 8.09. The molecule has 0 bridgehead atoms. The van der Waals surface area contributed by atoms with Gasteiger partial charge in [0.15, 0.2) is 11.5 Å². The minimum Gasteiger partial charge on any atom is -0.493 e. The third-order valence-corrected chi connectivity index (χ3v) is 3.75. The number of anilines is 3. The summed E-state index contributed by atoms with van der Waals surface area (Å²) in [5.74, 6) is 0.652. The molecule has 6 nitrogen and oxygen atoms in total. The van der Waals surface area contributed by atoms with Gasteiger partial charge in [0.05, 0.1) is 19.9 Å². The highest BCUT2D eigenvalue weighted by molar-refractivity contribution is 5.55. The molecular formula is C19H18F2N4O2. The van der Waals surface area contributed by atoms with E-state index in [9.17, 15) is 8.78 Å². The van der Waals surface area contributed by atoms with Gasteiger partial charge in [-0.2, -0.15) is 4.98 Å². The minimum absolute atomic E-state index is 0.0911. The zero-order valence-electron chi connectivity index (χ0n) is 14.8. The van der Waals surface area contributed by atoms with E-state index in [1.54, 1.807) is 20.3 Å². The molecule has 0 spiro atoms. The van der Waals surface area contributed by atoms with Crippen LogP contribution in [0.25, 0.3) is 0 Å². The van der Waals surface area contributed by atoms with Gasteiger partial charge in [-0.05, 0) is 35.9 Å². The van der Waals surface area contributed by atoms with Crippen molar-refractivity contribution in [3.63, 3.8) is 0 Å². The van der Waals surface area contributed by atoms with Gasteiger partial charge in [-0.3, -0.25) is 0 Å². The van der Waals surface area contributed by atoms with E-state index in [0.29, 0.717) is 23.9 Å². The topological polar surface area (TPSA) is 68.3 Å². The lowest BCUT2D eigenvalue weighted by Gasteiger charge is -2.11. The zero-order chi connectivity index (χ0) is 19.2. The van der Waals surface area contributed by atoms with Gasteiger partial charge in [0.1, 0.15) is 17.5 Å². The van der Waals surface area contributed by atoms with Crippen LogP contribution in [0.4, 0.5) is 26.2 Å². The summed E-state index contributed by atoms with van der Waals surface area (Å²) in [6, 6.07) is 10.5. The standard InChI is InChI=1S/C19H18F2N4O2/c1-26-16-6-3-12(9-17(16)27-2)11-23-18-7-8-22-19(25-18)24-15-5-4-13(20)10-14(15)21/h3-10H,11H2,1-2H3,(H2,22,23,24,25). The number of hydrogen-bond acceptors (Lipinski definition) is 6. The second-order valence-corrected chi connectivity index (χ2v) is 5.56. The van der Waals surface area contributed by atoms with Gasteiger partial charge < -0.3 is 20.1 Å². The highest BCUT2D eigenvalue weighted by Gasteiger charge is 2.07. The molecule has 2 N–H and O–H groups in total. The van der Waals surface area contributed by atoms with Crippen LogP contribution in [0.2, 0.25) is 0 Å². The van der Waals surface area contributed by atoms with E-state index in [1.807, 2.05) is 18.2 Å². The highest BCUT2D eigenvalue weighted by atomic mass is 19.1. The largest absolute Gasteiger partial charge is 0.493 e. The van der Waals surface area contributed by atoms with Crippen molar-refractivity contribution in [3.05, 3.63) is 65.9 Å². The summed E-state index contributed by atoms with van der Waals surface area (Å²) < 4.78 is 37.2. The van der Waals surface area contributed by atoms with Crippen molar-refractivity contribution in [1.82, 2.24) is 9.97 Å². The summed E-state index contributed by atoms with van der Waals surface area (Å²) in [6.45, 7) is 0.488. The monoisotopic (exact) mass is 372 g/mol. The lowest BCUT2D eigenvalue weighted by molar-refractivity contribution is 0.354. The lowest BCUT2D eigenvalue weighted by Crippen LogP contribution is -2.05. The first-order chi connectivity index (χ1) is 13.1. The van der Waals surface area contributed by atoms with Crippen LogP contribution in [-0.2, 0) is 6.54 Å². The van der Waals surface area contributed by atoms with Crippen LogP contribution in [0, 0.1) is 11.6 Å². The summed E-state index contributed by atoms with van der Waals surface area (Å²) in [6.07, 6.45) is 1.54. The van der Waals surface area contributed by atoms with Gasteiger partial charge in [-0.25, -0.2) is 13.8 Å². The Morgan fingerprint density at radius 2 is 1.78 bits per heavy atom. The quantitative estimate of drug-likeness (QED) is 0.650. The molecule has 1 heterocycles. The Kier molecular flexibility index (Phi) is 5.65. The van der Waals surface area contributed by atoms with Crippen LogP contribution < -0.4 is 20.1 Å². The first-order valence-corrected chi connectivity index (χ1v) is 8.09. The molecule has 27 heavy (non-hydrogen) atoms. The molecule has 3 rings (SSSR count). The second kappa shape index (κ2) is 8.31. The number of hydrogen-bond donors (Lipinski definition) is 2. The van der Waals surface area contributed by atoms with Crippen LogP contribution in [0.15, 0.2) is 48.7 Å². The fourth-order valence-corrected chi connectivity index (χ4v) is 2.41. The van der Waals surface area contributed by atoms with Crippen LogP contribution in [-0.4, -0.2) is 24.2 Å². The van der Waals surface area contributed by atoms with Gasteiger partial charge in [0.25, 0.3) is 0 Å². The van der Waals surface area contributed by atoms with Crippen molar-refractivity contribution < 1.29 is 18.3 Å². The second-order valence-electron chi connectivity index (χ2n) is 5.56. The van der Waals surface area contributed by atoms with Crippen LogP contribution in [0.1, 0.15) is 5.56 Å². The van der Waals surface area contributed by atoms with Gasteiger partial charge in [-0.1, -0.05) is 6.07 Å². The number of ether oxygens (including phenoxy) is 2. The lowest BCUT2D eigenvalue weighted by atomic mass is 10.2. The Labute approximate surface area is 155 Å². The molecule has 0 aliphatic carbocycles. The van der Waals surface area contributed by atoms with E-state index in [1.165, 1.54) is 12.3 Å². The van der Waals surface area contributed by atoms with E-state index < -0.39 is 11.6 Å². The molecule has 0 aliphatic rings. The van der Waals surface area contributed by atoms with Crippen LogP contribution in [0.5, 0.6) is 11.5 Å². The molecule has 0 unspecified atom stereocenters. The minimum atomic E-state index is -0.720. The molecule has 0 saturated carbocycles. The van der Waals surface area contributed by atoms with E-state index >= 15 is 0 Å². The van der Waals surface area contributed by atoms with Crippen LogP contribution in [0.3, 0.4) is 0 Å². The summed E-state index contributed by atoms with van der Waals surface area (Å²) in [4.78, 5) is 8.32. The average molecular weight is 372 g/mol. The molecule has 2 aromatic carbocycles. The maximum atomic E-state index is 13.7. The Hall–Kier alpha value is -3.42. The van der Waals surface area contributed by atoms with Crippen molar-refractivity contribution in [3.8, 4) is 11.5 Å². The third kappa shape index (κ3) is 4.60. The van der Waals surface area contributed by atoms with E-state index in [4.69, 9.17) is 9.47 Å². The maximum Gasteiger partial charge on any atom is 0.229 e. The predicted molar refractivity (Wildman–Crippen MR) is 98.5 cm³/mol. The molecule has 0 saturated heterocycles. The molecule has 3 aromatic rings. The smallest absolute Gasteiger partial charge is 0.229 e. The molecule has 0 fully saturated rings. The molecular weight excluding hydrogens is 354 g/mol. The highest BCUT2D eigenvalue weighted by Crippen LogP contribution is 2.27. The first kappa shape index (κ1) is 18.4. The van der Waals surface area contributed by atoms with Crippen molar-refractivity contribution in [2.24, 2.45) is 0 Å². The van der Waals surface area contributed by atoms with Gasteiger partial charge in [0, 0.05) is 18.8 Å². The molecule has 0 radical (unpaired) electrons. The number of nitrogens with zero attached hydrogens (tertiary/aromatic N) is 2. The number of halogens is 2. The summed E-state index contributed by atoms with van der Waals surface area (Å²) >= 11 is 0. The number of aromatic nitrogens is 2. The normalized spacial score (nSPS) is 10.4. The van der Waals surface area contributed by atoms with Crippen molar-refractivity contribution >= 4 is 17.5 Å². The predicted octanol–water partition coefficient (Wildman–Crippen LogP) is 4.13. The number of rotatable bonds is 7. The van der Waals surface area contributed by atoms with E-state index in [-0.39, 0.29) is 11.6 Å². The van der Waals surface area contributed by atoms with Crippen LogP contribution >= 0.6 is 0 Å².